The van der Waals surface area contributed by atoms with Crippen LogP contribution in [0.2, 0.25) is 0 Å². The Kier molecular flexibility index (Phi) is 10.3. The molecular weight excluding hydrogens is 120 g/mol. The summed E-state index contributed by atoms with van der Waals surface area (Å²) in [4.78, 5) is 9.82. The first-order valence-electron chi connectivity index (χ1n) is 1.90. The molecular formula is C4H8CaO2. The molecule has 3 heteroatoms. The molecule has 0 aromatic heterocycles. The third-order valence-electron chi connectivity index (χ3n) is 0.348. The second kappa shape index (κ2) is 6.73. The summed E-state index contributed by atoms with van der Waals surface area (Å²) in [5.74, 6) is -0.211. The van der Waals surface area contributed by atoms with Gasteiger partial charge in [0.1, 0.15) is 0 Å². The summed E-state index contributed by atoms with van der Waals surface area (Å²) in [6.07, 6.45) is 0. The molecule has 0 heterocycles. The van der Waals surface area contributed by atoms with Crippen LogP contribution in [0.25, 0.3) is 0 Å². The van der Waals surface area contributed by atoms with Crippen LogP contribution in [-0.4, -0.2) is 50.3 Å². The summed E-state index contributed by atoms with van der Waals surface area (Å²) in [5, 5.41) is 0. The van der Waals surface area contributed by atoms with Crippen molar-refractivity contribution in [3.05, 3.63) is 0 Å². The zero-order valence-corrected chi connectivity index (χ0v) is 6.94. The van der Waals surface area contributed by atoms with Crippen molar-refractivity contribution in [2.24, 2.45) is 0 Å². The van der Waals surface area contributed by atoms with Crippen molar-refractivity contribution in [3.8, 4) is 0 Å². The molecule has 0 aliphatic heterocycles. The molecule has 2 nitrogen and oxygen atoms in total. The Balaban J connectivity index is 0. The standard InChI is InChI=1S/C4H8O2.Ca/c1-3-6-4(2)5;/h3H2,1-2H3;. The zero-order chi connectivity index (χ0) is 4.99. The maximum absolute atomic E-state index is 9.82. The summed E-state index contributed by atoms with van der Waals surface area (Å²) in [6.45, 7) is 3.65. The van der Waals surface area contributed by atoms with E-state index in [1.54, 1.807) is 6.92 Å². The van der Waals surface area contributed by atoms with E-state index in [1.807, 2.05) is 0 Å². The summed E-state index contributed by atoms with van der Waals surface area (Å²) >= 11 is 0. The fraction of sp³-hybridized carbons (Fsp3) is 0.750. The molecule has 7 heavy (non-hydrogen) atoms. The van der Waals surface area contributed by atoms with Crippen LogP contribution in [0.5, 0.6) is 0 Å². The predicted molar refractivity (Wildman–Crippen MR) is 28.1 cm³/mol. The van der Waals surface area contributed by atoms with Gasteiger partial charge in [0.25, 0.3) is 0 Å². The molecule has 0 saturated heterocycles. The largest absolute Gasteiger partial charge is 0.466 e. The summed E-state index contributed by atoms with van der Waals surface area (Å²) in [5.41, 5.74) is 0. The molecule has 0 aliphatic rings. The van der Waals surface area contributed by atoms with Crippen molar-refractivity contribution < 1.29 is 9.53 Å². The molecule has 0 fully saturated rings. The molecule has 0 rings (SSSR count). The summed E-state index contributed by atoms with van der Waals surface area (Å²) in [7, 11) is 0. The Morgan fingerprint density at radius 1 is 1.71 bits per heavy atom. The van der Waals surface area contributed by atoms with Gasteiger partial charge in [-0.05, 0) is 6.92 Å². The molecule has 0 amide bonds. The minimum atomic E-state index is -0.211. The molecule has 2 radical (unpaired) electrons. The first kappa shape index (κ1) is 10.7. The molecule has 38 valence electrons. The van der Waals surface area contributed by atoms with Crippen molar-refractivity contribution in [2.75, 3.05) is 6.61 Å². The fourth-order valence-electron chi connectivity index (χ4n) is 0.203. The van der Waals surface area contributed by atoms with E-state index < -0.39 is 0 Å². The average molecular weight is 128 g/mol. The Hall–Kier alpha value is 0.730. The Morgan fingerprint density at radius 3 is 2.14 bits per heavy atom. The quantitative estimate of drug-likeness (QED) is 0.372. The van der Waals surface area contributed by atoms with E-state index in [1.165, 1.54) is 6.92 Å². The van der Waals surface area contributed by atoms with Gasteiger partial charge in [-0.3, -0.25) is 4.79 Å². The molecule has 0 atom stereocenters. The van der Waals surface area contributed by atoms with Crippen LogP contribution in [0.3, 0.4) is 0 Å². The Morgan fingerprint density at radius 2 is 2.14 bits per heavy atom. The Labute approximate surface area is 73.2 Å². The number of hydrogen-bond acceptors (Lipinski definition) is 2. The van der Waals surface area contributed by atoms with E-state index in [2.05, 4.69) is 4.74 Å². The molecule has 0 unspecified atom stereocenters. The maximum Gasteiger partial charge on any atom is 0.302 e. The molecule has 0 spiro atoms. The van der Waals surface area contributed by atoms with Gasteiger partial charge in [-0.25, -0.2) is 0 Å². The average Bonchev–Trinajstić information content (AvgIpc) is 1.35. The molecule has 0 aromatic rings. The number of ether oxygens (including phenoxy) is 1. The van der Waals surface area contributed by atoms with Gasteiger partial charge >= 0.3 is 5.97 Å². The maximum atomic E-state index is 9.82. The van der Waals surface area contributed by atoms with Crippen LogP contribution >= 0.6 is 0 Å². The van der Waals surface area contributed by atoms with Gasteiger partial charge in [-0.15, -0.1) is 0 Å². The van der Waals surface area contributed by atoms with Crippen LogP contribution < -0.4 is 0 Å². The fourth-order valence-corrected chi connectivity index (χ4v) is 0.203. The number of rotatable bonds is 1. The van der Waals surface area contributed by atoms with Crippen molar-refractivity contribution in [1.29, 1.82) is 0 Å². The second-order valence-electron chi connectivity index (χ2n) is 0.925. The topological polar surface area (TPSA) is 26.3 Å². The minimum Gasteiger partial charge on any atom is -0.466 e. The van der Waals surface area contributed by atoms with E-state index in [-0.39, 0.29) is 43.7 Å². The van der Waals surface area contributed by atoms with Crippen molar-refractivity contribution >= 4 is 43.7 Å². The second-order valence-corrected chi connectivity index (χ2v) is 0.925. The predicted octanol–water partition coefficient (Wildman–Crippen LogP) is 0.189. The number of esters is 1. The third kappa shape index (κ3) is 10.8. The SMILES string of the molecule is CCOC(C)=O.[Ca]. The molecule has 0 saturated carbocycles. The van der Waals surface area contributed by atoms with Crippen LogP contribution in [0.4, 0.5) is 0 Å². The van der Waals surface area contributed by atoms with Gasteiger partial charge in [0.05, 0.1) is 6.61 Å². The first-order chi connectivity index (χ1) is 2.77. The zero-order valence-electron chi connectivity index (χ0n) is 4.73. The van der Waals surface area contributed by atoms with Gasteiger partial charge in [0, 0.05) is 44.7 Å². The van der Waals surface area contributed by atoms with E-state index in [0.717, 1.165) is 0 Å². The van der Waals surface area contributed by atoms with Gasteiger partial charge in [-0.2, -0.15) is 0 Å². The molecule has 0 bridgehead atoms. The third-order valence-corrected chi connectivity index (χ3v) is 0.348. The Bertz CT molecular complexity index is 53.7. The van der Waals surface area contributed by atoms with Gasteiger partial charge in [0.2, 0.25) is 0 Å². The van der Waals surface area contributed by atoms with Crippen LogP contribution in [0.1, 0.15) is 13.8 Å². The molecule has 0 aliphatic carbocycles. The van der Waals surface area contributed by atoms with Gasteiger partial charge in [-0.1, -0.05) is 0 Å². The van der Waals surface area contributed by atoms with Gasteiger partial charge in [0.15, 0.2) is 0 Å². The molecule has 0 aromatic carbocycles. The minimum absolute atomic E-state index is 0. The van der Waals surface area contributed by atoms with Crippen LogP contribution in [0.15, 0.2) is 0 Å². The van der Waals surface area contributed by atoms with E-state index >= 15 is 0 Å². The smallest absolute Gasteiger partial charge is 0.302 e. The van der Waals surface area contributed by atoms with E-state index in [0.29, 0.717) is 6.61 Å². The first-order valence-corrected chi connectivity index (χ1v) is 1.90. The van der Waals surface area contributed by atoms with Gasteiger partial charge < -0.3 is 4.74 Å². The summed E-state index contributed by atoms with van der Waals surface area (Å²) in [6, 6.07) is 0. The van der Waals surface area contributed by atoms with Crippen molar-refractivity contribution in [3.63, 3.8) is 0 Å². The normalized spacial score (nSPS) is 6.57. The van der Waals surface area contributed by atoms with Crippen LogP contribution in [0, 0.1) is 0 Å². The van der Waals surface area contributed by atoms with E-state index in [4.69, 9.17) is 0 Å². The van der Waals surface area contributed by atoms with E-state index in [9.17, 15) is 4.79 Å². The number of hydrogen-bond donors (Lipinski definition) is 0. The molecule has 0 N–H and O–H groups in total. The monoisotopic (exact) mass is 128 g/mol. The van der Waals surface area contributed by atoms with Crippen molar-refractivity contribution in [1.82, 2.24) is 0 Å². The number of carbonyl (C=O) groups is 1. The summed E-state index contributed by atoms with van der Waals surface area (Å²) < 4.78 is 4.40. The van der Waals surface area contributed by atoms with Crippen LogP contribution in [-0.2, 0) is 9.53 Å². The van der Waals surface area contributed by atoms with Crippen molar-refractivity contribution in [2.45, 2.75) is 13.8 Å². The number of carbonyl (C=O) groups excluding carboxylic acids is 1.